The maximum absolute atomic E-state index is 13.6. The third-order valence-corrected chi connectivity index (χ3v) is 15.7. The number of carbonyl (C=O) groups is 1. The van der Waals surface area contributed by atoms with Crippen LogP contribution < -0.4 is 0 Å². The van der Waals surface area contributed by atoms with Crippen molar-refractivity contribution in [2.45, 2.75) is 143 Å². The molecule has 4 saturated carbocycles. The van der Waals surface area contributed by atoms with Gasteiger partial charge in [0.25, 0.3) is 0 Å². The van der Waals surface area contributed by atoms with Gasteiger partial charge in [0.2, 0.25) is 0 Å². The molecule has 0 unspecified atom stereocenters. The maximum atomic E-state index is 13.6. The van der Waals surface area contributed by atoms with Crippen LogP contribution in [0.15, 0.2) is 11.6 Å². The molecular weight excluding hydrogens is 572 g/mol. The first-order chi connectivity index (χ1) is 21.0. The smallest absolute Gasteiger partial charge is 0.312 e. The van der Waals surface area contributed by atoms with Gasteiger partial charge in [0.15, 0.2) is 6.29 Å². The monoisotopic (exact) mass is 632 g/mol. The van der Waals surface area contributed by atoms with Gasteiger partial charge >= 0.3 is 5.97 Å². The predicted molar refractivity (Wildman–Crippen MR) is 170 cm³/mol. The van der Waals surface area contributed by atoms with Crippen molar-refractivity contribution in [3.05, 3.63) is 11.6 Å². The molecule has 5 aliphatic carbocycles. The van der Waals surface area contributed by atoms with Crippen molar-refractivity contribution in [2.24, 2.45) is 56.7 Å². The zero-order valence-electron chi connectivity index (χ0n) is 28.9. The molecule has 256 valence electrons. The zero-order valence-corrected chi connectivity index (χ0v) is 28.9. The van der Waals surface area contributed by atoms with Crippen LogP contribution in [-0.4, -0.2) is 76.9 Å². The average Bonchev–Trinajstić information content (AvgIpc) is 3.00. The summed E-state index contributed by atoms with van der Waals surface area (Å²) in [5, 5.41) is 41.1. The second-order valence-electron chi connectivity index (χ2n) is 17.5. The molecule has 1 saturated heterocycles. The van der Waals surface area contributed by atoms with E-state index in [2.05, 4.69) is 54.5 Å². The number of aliphatic hydroxyl groups is 4. The highest BCUT2D eigenvalue weighted by Crippen LogP contribution is 2.76. The highest BCUT2D eigenvalue weighted by atomic mass is 16.7. The molecule has 6 rings (SSSR count). The van der Waals surface area contributed by atoms with E-state index in [9.17, 15) is 25.2 Å². The fourth-order valence-corrected chi connectivity index (χ4v) is 12.6. The number of aliphatic hydroxyl groups excluding tert-OH is 4. The molecule has 1 heterocycles. The van der Waals surface area contributed by atoms with Crippen LogP contribution in [0.2, 0.25) is 0 Å². The minimum atomic E-state index is -1.44. The number of methoxy groups -OCH3 is 1. The number of allylic oxidation sites excluding steroid dienone is 2. The third kappa shape index (κ3) is 4.55. The Morgan fingerprint density at radius 1 is 0.911 bits per heavy atom. The third-order valence-electron chi connectivity index (χ3n) is 15.7. The van der Waals surface area contributed by atoms with Crippen LogP contribution in [0.4, 0.5) is 0 Å². The van der Waals surface area contributed by atoms with E-state index in [0.717, 1.165) is 57.8 Å². The molecule has 4 N–H and O–H groups in total. The van der Waals surface area contributed by atoms with Crippen molar-refractivity contribution < 1.29 is 39.4 Å². The van der Waals surface area contributed by atoms with E-state index in [1.54, 1.807) is 7.11 Å². The highest BCUT2D eigenvalue weighted by Gasteiger charge is 2.70. The Morgan fingerprint density at radius 2 is 1.62 bits per heavy atom. The molecule has 0 spiro atoms. The summed E-state index contributed by atoms with van der Waals surface area (Å²) in [4.78, 5) is 13.6. The summed E-state index contributed by atoms with van der Waals surface area (Å²) >= 11 is 0. The minimum absolute atomic E-state index is 0.00313. The lowest BCUT2D eigenvalue weighted by Crippen LogP contribution is -2.66. The van der Waals surface area contributed by atoms with E-state index >= 15 is 0 Å². The molecule has 0 bridgehead atoms. The first-order valence-corrected chi connectivity index (χ1v) is 17.8. The topological polar surface area (TPSA) is 126 Å². The lowest BCUT2D eigenvalue weighted by Gasteiger charge is -2.71. The number of hydrogen-bond donors (Lipinski definition) is 4. The molecule has 45 heavy (non-hydrogen) atoms. The van der Waals surface area contributed by atoms with Gasteiger partial charge in [-0.2, -0.15) is 0 Å². The molecule has 0 aromatic rings. The number of esters is 1. The second kappa shape index (κ2) is 11.3. The van der Waals surface area contributed by atoms with Crippen LogP contribution in [0.1, 0.15) is 106 Å². The predicted octanol–water partition coefficient (Wildman–Crippen LogP) is 5.00. The second-order valence-corrected chi connectivity index (χ2v) is 17.5. The van der Waals surface area contributed by atoms with Crippen LogP contribution in [-0.2, 0) is 19.0 Å². The average molecular weight is 633 g/mol. The number of fused-ring (bicyclic) bond motifs is 7. The molecule has 0 aromatic heterocycles. The van der Waals surface area contributed by atoms with Crippen LogP contribution in [0.3, 0.4) is 0 Å². The fraction of sp³-hybridized carbons (Fsp3) is 0.919. The first-order valence-electron chi connectivity index (χ1n) is 17.8. The Hall–Kier alpha value is -1.03. The Kier molecular flexibility index (Phi) is 8.48. The van der Waals surface area contributed by atoms with Gasteiger partial charge in [0, 0.05) is 0 Å². The van der Waals surface area contributed by atoms with Crippen molar-refractivity contribution in [1.29, 1.82) is 0 Å². The summed E-state index contributed by atoms with van der Waals surface area (Å²) in [6.45, 7) is 16.5. The molecule has 8 heteroatoms. The Morgan fingerprint density at radius 3 is 2.29 bits per heavy atom. The van der Waals surface area contributed by atoms with Crippen molar-refractivity contribution in [2.75, 3.05) is 13.7 Å². The van der Waals surface area contributed by atoms with Gasteiger partial charge in [-0.3, -0.25) is 4.79 Å². The van der Waals surface area contributed by atoms with Gasteiger partial charge in [-0.25, -0.2) is 0 Å². The van der Waals surface area contributed by atoms with Crippen LogP contribution in [0, 0.1) is 56.7 Å². The van der Waals surface area contributed by atoms with E-state index in [-0.39, 0.29) is 39.7 Å². The fourth-order valence-electron chi connectivity index (χ4n) is 12.6. The van der Waals surface area contributed by atoms with Crippen LogP contribution in [0.25, 0.3) is 0 Å². The summed E-state index contributed by atoms with van der Waals surface area (Å²) in [5.41, 5.74) is 1.12. The largest absolute Gasteiger partial charge is 0.469 e. The van der Waals surface area contributed by atoms with Gasteiger partial charge in [0.1, 0.15) is 24.4 Å². The highest BCUT2D eigenvalue weighted by molar-refractivity contribution is 5.78. The minimum Gasteiger partial charge on any atom is -0.469 e. The summed E-state index contributed by atoms with van der Waals surface area (Å²) in [6.07, 6.45) is 4.99. The Labute approximate surface area is 270 Å². The summed E-state index contributed by atoms with van der Waals surface area (Å²) in [6, 6.07) is 0. The normalized spacial score (nSPS) is 54.0. The lowest BCUT2D eigenvalue weighted by atomic mass is 9.33. The number of carbonyl (C=O) groups excluding carboxylic acids is 1. The van der Waals surface area contributed by atoms with Crippen molar-refractivity contribution in [3.8, 4) is 0 Å². The van der Waals surface area contributed by atoms with Crippen molar-refractivity contribution >= 4 is 5.97 Å². The van der Waals surface area contributed by atoms with Gasteiger partial charge < -0.3 is 34.6 Å². The lowest BCUT2D eigenvalue weighted by molar-refractivity contribution is -0.330. The molecule has 6 aliphatic rings. The zero-order chi connectivity index (χ0) is 32.9. The molecule has 0 aromatic carbocycles. The van der Waals surface area contributed by atoms with Gasteiger partial charge in [-0.15, -0.1) is 0 Å². The molecule has 1 aliphatic heterocycles. The first kappa shape index (κ1) is 33.9. The van der Waals surface area contributed by atoms with Crippen LogP contribution >= 0.6 is 0 Å². The van der Waals surface area contributed by atoms with E-state index in [1.807, 2.05) is 0 Å². The maximum Gasteiger partial charge on any atom is 0.312 e. The van der Waals surface area contributed by atoms with Crippen LogP contribution in [0.5, 0.6) is 0 Å². The number of ether oxygens (including phenoxy) is 3. The Bertz CT molecular complexity index is 1180. The summed E-state index contributed by atoms with van der Waals surface area (Å²) in [7, 11) is 1.57. The molecule has 8 nitrogen and oxygen atoms in total. The Balaban J connectivity index is 1.30. The molecule has 0 radical (unpaired) electrons. The molecule has 5 fully saturated rings. The van der Waals surface area contributed by atoms with Gasteiger partial charge in [-0.1, -0.05) is 60.1 Å². The van der Waals surface area contributed by atoms with E-state index in [1.165, 1.54) is 5.57 Å². The van der Waals surface area contributed by atoms with Crippen molar-refractivity contribution in [3.63, 3.8) is 0 Å². The van der Waals surface area contributed by atoms with Gasteiger partial charge in [-0.05, 0) is 109 Å². The van der Waals surface area contributed by atoms with E-state index in [4.69, 9.17) is 14.2 Å². The number of rotatable bonds is 4. The molecule has 15 atom stereocenters. The number of hydrogen-bond acceptors (Lipinski definition) is 8. The molecule has 0 amide bonds. The van der Waals surface area contributed by atoms with E-state index in [0.29, 0.717) is 23.7 Å². The van der Waals surface area contributed by atoms with Gasteiger partial charge in [0.05, 0.1) is 25.2 Å². The van der Waals surface area contributed by atoms with E-state index < -0.39 is 42.7 Å². The molecular formula is C37H60O8. The summed E-state index contributed by atoms with van der Waals surface area (Å²) < 4.78 is 17.8. The van der Waals surface area contributed by atoms with Crippen molar-refractivity contribution in [1.82, 2.24) is 0 Å². The standard InChI is InChI=1S/C37H60O8/c1-20-11-16-37(32(42)43-8)18-17-35(6)22(27(37)21(20)2)9-10-25-34(5)14-13-26(33(3,4)24(34)12-15-36(25,35)7)45-31-30(41)29(40)28(39)23(19-38)44-31/h9,20-21,23-31,38-41H,10-19H2,1-8H3/t20-,21+,23-,24+,25-,26+,27+,28-,29+,30-,31+,34+,35-,36-,37+/m1/s1. The SMILES string of the molecule is COC(=O)[C@]12CC[C@@H](C)[C@H](C)[C@H]1C1=CC[C@@H]3[C@@]4(C)CC[C@H](O[C@@H]5O[C@H](CO)[C@@H](O)[C@H](O)[C@H]5O)C(C)(C)[C@@H]4CC[C@@]3(C)[C@]1(C)CC2. The summed E-state index contributed by atoms with van der Waals surface area (Å²) in [5.74, 6) is 2.12. The quantitative estimate of drug-likeness (QED) is 0.194.